The lowest BCUT2D eigenvalue weighted by Gasteiger charge is -2.33. The first-order valence-electron chi connectivity index (χ1n) is 6.06. The summed E-state index contributed by atoms with van der Waals surface area (Å²) >= 11 is 0. The molecular formula is C12H16F2N2O2. The number of carbonyl (C=O) groups is 1. The molecule has 0 saturated heterocycles. The number of hydrogen-bond acceptors (Lipinski definition) is 2. The van der Waals surface area contributed by atoms with Gasteiger partial charge >= 0.3 is 5.97 Å². The highest BCUT2D eigenvalue weighted by Crippen LogP contribution is 2.45. The van der Waals surface area contributed by atoms with E-state index in [-0.39, 0.29) is 12.8 Å². The van der Waals surface area contributed by atoms with Gasteiger partial charge in [0.25, 0.3) is 0 Å². The van der Waals surface area contributed by atoms with Crippen molar-refractivity contribution in [1.29, 1.82) is 0 Å². The monoisotopic (exact) mass is 258 g/mol. The number of carboxylic acid groups (broad SMARTS) is 1. The van der Waals surface area contributed by atoms with Gasteiger partial charge in [-0.05, 0) is 18.9 Å². The predicted octanol–water partition coefficient (Wildman–Crippen LogP) is 2.51. The molecule has 2 rings (SSSR count). The van der Waals surface area contributed by atoms with E-state index >= 15 is 0 Å². The fraction of sp³-hybridized carbons (Fsp3) is 0.667. The van der Waals surface area contributed by atoms with Gasteiger partial charge in [0.15, 0.2) is 0 Å². The molecule has 4 nitrogen and oxygen atoms in total. The molecule has 1 aromatic rings. The summed E-state index contributed by atoms with van der Waals surface area (Å²) in [5, 5.41) is 13.2. The van der Waals surface area contributed by atoms with Crippen LogP contribution in [0.15, 0.2) is 12.4 Å². The van der Waals surface area contributed by atoms with Crippen molar-refractivity contribution in [2.45, 2.75) is 44.6 Å². The zero-order valence-corrected chi connectivity index (χ0v) is 10.1. The predicted molar refractivity (Wildman–Crippen MR) is 60.6 cm³/mol. The van der Waals surface area contributed by atoms with Crippen molar-refractivity contribution in [1.82, 2.24) is 9.78 Å². The van der Waals surface area contributed by atoms with Crippen molar-refractivity contribution in [3.05, 3.63) is 18.0 Å². The third-order valence-electron chi connectivity index (χ3n) is 3.55. The van der Waals surface area contributed by atoms with E-state index in [0.717, 1.165) is 0 Å². The molecule has 0 aromatic carbocycles. The van der Waals surface area contributed by atoms with Crippen LogP contribution in [-0.4, -0.2) is 26.8 Å². The molecule has 100 valence electrons. The van der Waals surface area contributed by atoms with E-state index in [4.69, 9.17) is 5.11 Å². The Bertz CT molecular complexity index is 445. The van der Waals surface area contributed by atoms with Crippen LogP contribution in [0.5, 0.6) is 0 Å². The fourth-order valence-corrected chi connectivity index (χ4v) is 2.52. The summed E-state index contributed by atoms with van der Waals surface area (Å²) in [6, 6.07) is 0. The summed E-state index contributed by atoms with van der Waals surface area (Å²) in [6.45, 7) is 2.53. The first-order valence-corrected chi connectivity index (χ1v) is 6.06. The average Bonchev–Trinajstić information content (AvgIpc) is 2.75. The van der Waals surface area contributed by atoms with Crippen molar-refractivity contribution >= 4 is 5.97 Å². The molecule has 0 bridgehead atoms. The summed E-state index contributed by atoms with van der Waals surface area (Å²) < 4.78 is 28.5. The number of nitrogens with zero attached hydrogens (tertiary/aromatic N) is 2. The lowest BCUT2D eigenvalue weighted by molar-refractivity contribution is -0.147. The second-order valence-corrected chi connectivity index (χ2v) is 4.78. The maximum atomic E-state index is 13.4. The number of carboxylic acids is 1. The van der Waals surface area contributed by atoms with Crippen LogP contribution in [0, 0.1) is 5.92 Å². The SMILES string of the molecule is CCn1cc([C@@H]2CC(F)(F)CC[C@H]2C(=O)O)cn1. The van der Waals surface area contributed by atoms with Gasteiger partial charge in [-0.3, -0.25) is 9.48 Å². The Labute approximate surface area is 104 Å². The Morgan fingerprint density at radius 1 is 1.67 bits per heavy atom. The van der Waals surface area contributed by atoms with Gasteiger partial charge in [-0.25, -0.2) is 8.78 Å². The standard InChI is InChI=1S/C12H16F2N2O2/c1-2-16-7-8(6-15-16)10-5-12(13,14)4-3-9(10)11(17)18/h6-7,9-10H,2-5H2,1H3,(H,17,18)/t9-,10+/m1/s1. The van der Waals surface area contributed by atoms with E-state index in [1.54, 1.807) is 10.9 Å². The van der Waals surface area contributed by atoms with Gasteiger partial charge in [0, 0.05) is 31.5 Å². The number of rotatable bonds is 3. The number of halogens is 2. The summed E-state index contributed by atoms with van der Waals surface area (Å²) in [7, 11) is 0. The van der Waals surface area contributed by atoms with Gasteiger partial charge in [0.05, 0.1) is 12.1 Å². The largest absolute Gasteiger partial charge is 0.481 e. The molecule has 1 aliphatic carbocycles. The number of alkyl halides is 2. The van der Waals surface area contributed by atoms with Gasteiger partial charge in [-0.15, -0.1) is 0 Å². The second kappa shape index (κ2) is 4.66. The summed E-state index contributed by atoms with van der Waals surface area (Å²) in [5.41, 5.74) is 0.601. The normalized spacial score (nSPS) is 27.1. The van der Waals surface area contributed by atoms with E-state index < -0.39 is 30.1 Å². The molecule has 0 aliphatic heterocycles. The van der Waals surface area contributed by atoms with Crippen LogP contribution in [0.3, 0.4) is 0 Å². The van der Waals surface area contributed by atoms with E-state index in [9.17, 15) is 13.6 Å². The Kier molecular flexibility index (Phi) is 3.36. The number of aryl methyl sites for hydroxylation is 1. The fourth-order valence-electron chi connectivity index (χ4n) is 2.52. The van der Waals surface area contributed by atoms with Crippen molar-refractivity contribution in [2.24, 2.45) is 5.92 Å². The molecule has 0 amide bonds. The summed E-state index contributed by atoms with van der Waals surface area (Å²) in [4.78, 5) is 11.2. The van der Waals surface area contributed by atoms with E-state index in [0.29, 0.717) is 12.1 Å². The van der Waals surface area contributed by atoms with Gasteiger partial charge in [-0.1, -0.05) is 0 Å². The molecular weight excluding hydrogens is 242 g/mol. The molecule has 1 aliphatic rings. The molecule has 1 saturated carbocycles. The second-order valence-electron chi connectivity index (χ2n) is 4.78. The van der Waals surface area contributed by atoms with Gasteiger partial charge in [0.1, 0.15) is 0 Å². The van der Waals surface area contributed by atoms with Crippen molar-refractivity contribution in [3.8, 4) is 0 Å². The molecule has 2 atom stereocenters. The molecule has 0 spiro atoms. The van der Waals surface area contributed by atoms with Crippen molar-refractivity contribution in [3.63, 3.8) is 0 Å². The molecule has 1 fully saturated rings. The van der Waals surface area contributed by atoms with Crippen LogP contribution in [0.25, 0.3) is 0 Å². The minimum Gasteiger partial charge on any atom is -0.481 e. The number of aliphatic carboxylic acids is 1. The zero-order valence-electron chi connectivity index (χ0n) is 10.1. The quantitative estimate of drug-likeness (QED) is 0.906. The molecule has 0 radical (unpaired) electrons. The van der Waals surface area contributed by atoms with Crippen LogP contribution in [0.1, 0.15) is 37.7 Å². The zero-order chi connectivity index (χ0) is 13.3. The van der Waals surface area contributed by atoms with Crippen LogP contribution >= 0.6 is 0 Å². The van der Waals surface area contributed by atoms with Crippen LogP contribution < -0.4 is 0 Å². The van der Waals surface area contributed by atoms with Gasteiger partial charge < -0.3 is 5.11 Å². The van der Waals surface area contributed by atoms with Crippen molar-refractivity contribution < 1.29 is 18.7 Å². The molecule has 1 N–H and O–H groups in total. The highest BCUT2D eigenvalue weighted by Gasteiger charge is 2.45. The molecule has 1 aromatic heterocycles. The highest BCUT2D eigenvalue weighted by atomic mass is 19.3. The van der Waals surface area contributed by atoms with Crippen molar-refractivity contribution in [2.75, 3.05) is 0 Å². The first kappa shape index (κ1) is 13.0. The Hall–Kier alpha value is -1.46. The maximum Gasteiger partial charge on any atom is 0.307 e. The number of hydrogen-bond donors (Lipinski definition) is 1. The van der Waals surface area contributed by atoms with E-state index in [1.165, 1.54) is 6.20 Å². The maximum absolute atomic E-state index is 13.4. The smallest absolute Gasteiger partial charge is 0.307 e. The summed E-state index contributed by atoms with van der Waals surface area (Å²) in [6.07, 6.45) is 2.44. The Morgan fingerprint density at radius 3 is 2.94 bits per heavy atom. The Morgan fingerprint density at radius 2 is 2.39 bits per heavy atom. The van der Waals surface area contributed by atoms with Gasteiger partial charge in [0.2, 0.25) is 5.92 Å². The Balaban J connectivity index is 2.27. The third kappa shape index (κ3) is 2.52. The van der Waals surface area contributed by atoms with E-state index in [2.05, 4.69) is 5.10 Å². The molecule has 1 heterocycles. The lowest BCUT2D eigenvalue weighted by atomic mass is 9.75. The lowest BCUT2D eigenvalue weighted by Crippen LogP contribution is -2.34. The molecule has 6 heteroatoms. The molecule has 0 unspecified atom stereocenters. The van der Waals surface area contributed by atoms with Crippen LogP contribution in [0.4, 0.5) is 8.78 Å². The number of aromatic nitrogens is 2. The van der Waals surface area contributed by atoms with Gasteiger partial charge in [-0.2, -0.15) is 5.10 Å². The first-order chi connectivity index (χ1) is 8.43. The average molecular weight is 258 g/mol. The van der Waals surface area contributed by atoms with Crippen LogP contribution in [0.2, 0.25) is 0 Å². The highest BCUT2D eigenvalue weighted by molar-refractivity contribution is 5.71. The van der Waals surface area contributed by atoms with E-state index in [1.807, 2.05) is 6.92 Å². The van der Waals surface area contributed by atoms with Crippen LogP contribution in [-0.2, 0) is 11.3 Å². The topological polar surface area (TPSA) is 55.1 Å². The summed E-state index contributed by atoms with van der Waals surface area (Å²) in [5.74, 6) is -5.16. The molecule has 18 heavy (non-hydrogen) atoms. The minimum absolute atomic E-state index is 0.0182. The minimum atomic E-state index is -2.77. The third-order valence-corrected chi connectivity index (χ3v) is 3.55.